The summed E-state index contributed by atoms with van der Waals surface area (Å²) < 4.78 is 0. The summed E-state index contributed by atoms with van der Waals surface area (Å²) in [4.78, 5) is 18.5. The van der Waals surface area contributed by atoms with Gasteiger partial charge < -0.3 is 5.11 Å². The third-order valence-electron chi connectivity index (χ3n) is 3.10. The number of aryl methyl sites for hydroxylation is 1. The average Bonchev–Trinajstić information content (AvgIpc) is 2.62. The topological polar surface area (TPSA) is 53.4 Å². The van der Waals surface area contributed by atoms with Crippen LogP contribution in [0.1, 0.15) is 37.4 Å². The number of hydrogen-bond donors (Lipinski definition) is 1. The highest BCUT2D eigenvalue weighted by atomic mass is 32.1. The Bertz CT molecular complexity index is 390. The normalized spacial score (nSPS) is 15.2. The van der Waals surface area contributed by atoms with Crippen LogP contribution in [0.2, 0.25) is 0 Å². The molecule has 0 aliphatic carbocycles. The summed E-state index contributed by atoms with van der Waals surface area (Å²) in [6.07, 6.45) is 0. The first-order valence-corrected chi connectivity index (χ1v) is 6.59. The summed E-state index contributed by atoms with van der Waals surface area (Å²) in [7, 11) is 1.86. The van der Waals surface area contributed by atoms with Crippen molar-refractivity contribution in [1.29, 1.82) is 0 Å². The zero-order chi connectivity index (χ0) is 13.2. The van der Waals surface area contributed by atoms with Crippen molar-refractivity contribution in [3.63, 3.8) is 0 Å². The van der Waals surface area contributed by atoms with Crippen LogP contribution in [0.25, 0.3) is 0 Å². The van der Waals surface area contributed by atoms with E-state index in [4.69, 9.17) is 0 Å². The molecule has 2 atom stereocenters. The maximum atomic E-state index is 11.3. The average molecular weight is 256 g/mol. The van der Waals surface area contributed by atoms with Crippen molar-refractivity contribution in [2.24, 2.45) is 5.92 Å². The molecule has 0 spiro atoms. The molecule has 4 nitrogen and oxygen atoms in total. The lowest BCUT2D eigenvalue weighted by Gasteiger charge is -2.32. The van der Waals surface area contributed by atoms with Crippen LogP contribution in [0.5, 0.6) is 0 Å². The molecule has 96 valence electrons. The van der Waals surface area contributed by atoms with E-state index in [2.05, 4.69) is 4.98 Å². The predicted molar refractivity (Wildman–Crippen MR) is 69.3 cm³/mol. The number of carboxylic acids is 1. The van der Waals surface area contributed by atoms with Gasteiger partial charge in [-0.15, -0.1) is 11.3 Å². The van der Waals surface area contributed by atoms with E-state index in [1.807, 2.05) is 39.6 Å². The van der Waals surface area contributed by atoms with Gasteiger partial charge in [0.25, 0.3) is 0 Å². The fraction of sp³-hybridized carbons (Fsp3) is 0.667. The second-order valence-electron chi connectivity index (χ2n) is 4.67. The molecule has 0 saturated carbocycles. The minimum absolute atomic E-state index is 0.0750. The fourth-order valence-electron chi connectivity index (χ4n) is 2.07. The molecule has 0 amide bonds. The van der Waals surface area contributed by atoms with E-state index in [9.17, 15) is 9.90 Å². The Hall–Kier alpha value is -0.940. The van der Waals surface area contributed by atoms with Crippen molar-refractivity contribution < 1.29 is 9.90 Å². The van der Waals surface area contributed by atoms with Crippen LogP contribution in [0.3, 0.4) is 0 Å². The van der Waals surface area contributed by atoms with Gasteiger partial charge in [0.1, 0.15) is 6.04 Å². The van der Waals surface area contributed by atoms with Crippen molar-refractivity contribution in [1.82, 2.24) is 9.88 Å². The first-order valence-electron chi connectivity index (χ1n) is 5.71. The summed E-state index contributed by atoms with van der Waals surface area (Å²) in [6, 6.07) is -0.391. The molecular weight excluding hydrogens is 236 g/mol. The summed E-state index contributed by atoms with van der Waals surface area (Å²) in [5.74, 6) is -0.690. The number of aromatic nitrogens is 1. The number of aliphatic carboxylic acids is 1. The van der Waals surface area contributed by atoms with Crippen LogP contribution in [0.15, 0.2) is 5.51 Å². The smallest absolute Gasteiger partial charge is 0.321 e. The van der Waals surface area contributed by atoms with E-state index < -0.39 is 12.0 Å². The summed E-state index contributed by atoms with van der Waals surface area (Å²) >= 11 is 1.58. The van der Waals surface area contributed by atoms with E-state index in [-0.39, 0.29) is 12.0 Å². The van der Waals surface area contributed by atoms with Crippen molar-refractivity contribution in [3.05, 3.63) is 16.1 Å². The van der Waals surface area contributed by atoms with E-state index >= 15 is 0 Å². The highest BCUT2D eigenvalue weighted by Gasteiger charge is 2.30. The Labute approximate surface area is 106 Å². The molecule has 1 rings (SSSR count). The highest BCUT2D eigenvalue weighted by Crippen LogP contribution is 2.28. The van der Waals surface area contributed by atoms with Gasteiger partial charge in [-0.05, 0) is 26.8 Å². The second kappa shape index (κ2) is 5.60. The van der Waals surface area contributed by atoms with Crippen molar-refractivity contribution in [2.45, 2.75) is 39.8 Å². The minimum atomic E-state index is -0.767. The lowest BCUT2D eigenvalue weighted by Crippen LogP contribution is -2.43. The van der Waals surface area contributed by atoms with Gasteiger partial charge in [-0.1, -0.05) is 13.8 Å². The SMILES string of the molecule is Cc1ncsc1C(C)N(C)C(C(=O)O)C(C)C. The molecule has 0 aliphatic rings. The number of hydrogen-bond acceptors (Lipinski definition) is 4. The third-order valence-corrected chi connectivity index (χ3v) is 4.20. The van der Waals surface area contributed by atoms with Crippen LogP contribution in [0, 0.1) is 12.8 Å². The zero-order valence-electron chi connectivity index (χ0n) is 11.0. The molecule has 17 heavy (non-hydrogen) atoms. The third kappa shape index (κ3) is 3.04. The Kier molecular flexibility index (Phi) is 4.65. The molecule has 0 aliphatic heterocycles. The number of nitrogens with zero attached hydrogens (tertiary/aromatic N) is 2. The predicted octanol–water partition coefficient (Wildman–Crippen LogP) is 2.55. The van der Waals surface area contributed by atoms with E-state index in [0.29, 0.717) is 0 Å². The van der Waals surface area contributed by atoms with Gasteiger partial charge in [-0.3, -0.25) is 9.69 Å². The summed E-state index contributed by atoms with van der Waals surface area (Å²) in [5.41, 5.74) is 2.79. The van der Waals surface area contributed by atoms with Gasteiger partial charge in [-0.2, -0.15) is 0 Å². The molecule has 2 unspecified atom stereocenters. The Morgan fingerprint density at radius 1 is 1.47 bits per heavy atom. The molecule has 0 fully saturated rings. The molecule has 1 N–H and O–H groups in total. The maximum absolute atomic E-state index is 11.3. The molecule has 0 radical (unpaired) electrons. The maximum Gasteiger partial charge on any atom is 0.321 e. The quantitative estimate of drug-likeness (QED) is 0.879. The first-order chi connectivity index (χ1) is 7.86. The zero-order valence-corrected chi connectivity index (χ0v) is 11.8. The number of carbonyl (C=O) groups is 1. The van der Waals surface area contributed by atoms with Crippen LogP contribution >= 0.6 is 11.3 Å². The monoisotopic (exact) mass is 256 g/mol. The number of rotatable bonds is 5. The van der Waals surface area contributed by atoms with Crippen molar-refractivity contribution in [3.8, 4) is 0 Å². The van der Waals surface area contributed by atoms with E-state index in [0.717, 1.165) is 10.6 Å². The minimum Gasteiger partial charge on any atom is -0.480 e. The molecule has 0 aromatic carbocycles. The van der Waals surface area contributed by atoms with E-state index in [1.54, 1.807) is 16.8 Å². The van der Waals surface area contributed by atoms with Gasteiger partial charge in [0.15, 0.2) is 0 Å². The van der Waals surface area contributed by atoms with Crippen molar-refractivity contribution >= 4 is 17.3 Å². The summed E-state index contributed by atoms with van der Waals surface area (Å²) in [6.45, 7) is 7.85. The molecule has 1 aromatic heterocycles. The van der Waals surface area contributed by atoms with Crippen LogP contribution in [0.4, 0.5) is 0 Å². The fourth-order valence-corrected chi connectivity index (χ4v) is 2.98. The molecule has 0 bridgehead atoms. The Morgan fingerprint density at radius 3 is 2.41 bits per heavy atom. The van der Waals surface area contributed by atoms with Crippen LogP contribution < -0.4 is 0 Å². The van der Waals surface area contributed by atoms with Gasteiger partial charge in [0, 0.05) is 10.9 Å². The summed E-state index contributed by atoms with van der Waals surface area (Å²) in [5, 5.41) is 9.28. The van der Waals surface area contributed by atoms with Gasteiger partial charge in [-0.25, -0.2) is 4.98 Å². The number of likely N-dealkylation sites (N-methyl/N-ethyl adjacent to an activating group) is 1. The standard InChI is InChI=1S/C12H20N2O2S/c1-7(2)10(12(15)16)14(5)9(4)11-8(3)13-6-17-11/h6-7,9-10H,1-5H3,(H,15,16). The largest absolute Gasteiger partial charge is 0.480 e. The Morgan fingerprint density at radius 2 is 2.06 bits per heavy atom. The lowest BCUT2D eigenvalue weighted by molar-refractivity contribution is -0.145. The molecular formula is C12H20N2O2S. The lowest BCUT2D eigenvalue weighted by atomic mass is 10.0. The molecule has 5 heteroatoms. The van der Waals surface area contributed by atoms with Crippen LogP contribution in [-0.2, 0) is 4.79 Å². The van der Waals surface area contributed by atoms with Crippen LogP contribution in [-0.4, -0.2) is 34.0 Å². The highest BCUT2D eigenvalue weighted by molar-refractivity contribution is 7.09. The van der Waals surface area contributed by atoms with Gasteiger partial charge in [0.2, 0.25) is 0 Å². The van der Waals surface area contributed by atoms with Gasteiger partial charge >= 0.3 is 5.97 Å². The van der Waals surface area contributed by atoms with E-state index in [1.165, 1.54) is 0 Å². The number of carboxylic acid groups (broad SMARTS) is 1. The first kappa shape index (κ1) is 14.1. The number of thiazole rings is 1. The van der Waals surface area contributed by atoms with Crippen molar-refractivity contribution in [2.75, 3.05) is 7.05 Å². The van der Waals surface area contributed by atoms with Gasteiger partial charge in [0.05, 0.1) is 11.2 Å². The molecule has 1 aromatic rings. The molecule has 1 heterocycles. The molecule has 0 saturated heterocycles. The second-order valence-corrected chi connectivity index (χ2v) is 5.56. The Balaban J connectivity index is 2.92.